The Labute approximate surface area is 129 Å². The van der Waals surface area contributed by atoms with Crippen molar-refractivity contribution in [2.75, 3.05) is 13.7 Å². The third kappa shape index (κ3) is 3.09. The number of aromatic amines is 1. The second-order valence-corrected chi connectivity index (χ2v) is 4.53. The van der Waals surface area contributed by atoms with E-state index in [9.17, 15) is 9.59 Å². The maximum absolute atomic E-state index is 11.3. The monoisotopic (exact) mass is 325 g/mol. The quantitative estimate of drug-likeness (QED) is 0.686. The topological polar surface area (TPSA) is 146 Å². The molecule has 0 aliphatic heterocycles. The molecule has 116 valence electrons. The fraction of sp³-hybridized carbons (Fsp3) is 0.167. The number of nitrogens with zero attached hydrogens (tertiary/aromatic N) is 2. The zero-order valence-corrected chi connectivity index (χ0v) is 12.2. The van der Waals surface area contributed by atoms with Gasteiger partial charge in [0.1, 0.15) is 5.69 Å². The number of amides is 2. The molecule has 2 aromatic rings. The summed E-state index contributed by atoms with van der Waals surface area (Å²) in [5.74, 6) is -0.902. The highest BCUT2D eigenvalue weighted by atomic mass is 35.5. The zero-order chi connectivity index (χ0) is 16.3. The molecular weight excluding hydrogens is 314 g/mol. The number of rotatable bonds is 6. The standard InChI is InChI=1S/C12H12ClN5O4/c1-21-7-2-5(10-11(12(15)20)17-18-16-10)6(13)3-8(7)22-4-9(14)19/h2-3H,4H2,1H3,(H2,14,19)(H2,15,20)(H,16,17,18). The van der Waals surface area contributed by atoms with Gasteiger partial charge < -0.3 is 20.9 Å². The first kappa shape index (κ1) is 15.6. The number of nitrogens with two attached hydrogens (primary N) is 2. The number of aromatic nitrogens is 3. The molecular formula is C12H12ClN5O4. The minimum absolute atomic E-state index is 0.0604. The number of nitrogens with one attached hydrogen (secondary N) is 1. The molecule has 0 aliphatic carbocycles. The molecule has 0 bridgehead atoms. The molecule has 0 saturated heterocycles. The highest BCUT2D eigenvalue weighted by Gasteiger charge is 2.20. The van der Waals surface area contributed by atoms with Crippen LogP contribution in [0.15, 0.2) is 12.1 Å². The molecule has 0 aliphatic rings. The van der Waals surface area contributed by atoms with Crippen LogP contribution >= 0.6 is 11.6 Å². The van der Waals surface area contributed by atoms with Gasteiger partial charge in [0.2, 0.25) is 0 Å². The van der Waals surface area contributed by atoms with Crippen LogP contribution in [-0.2, 0) is 4.79 Å². The average Bonchev–Trinajstić information content (AvgIpc) is 2.94. The Balaban J connectivity index is 2.48. The van der Waals surface area contributed by atoms with Crippen molar-refractivity contribution in [3.8, 4) is 22.8 Å². The normalized spacial score (nSPS) is 10.3. The van der Waals surface area contributed by atoms with Crippen molar-refractivity contribution >= 4 is 23.4 Å². The highest BCUT2D eigenvalue weighted by molar-refractivity contribution is 6.33. The summed E-state index contributed by atoms with van der Waals surface area (Å²) in [5, 5.41) is 10.0. The van der Waals surface area contributed by atoms with Gasteiger partial charge >= 0.3 is 0 Å². The van der Waals surface area contributed by atoms with E-state index in [0.717, 1.165) is 0 Å². The van der Waals surface area contributed by atoms with Gasteiger partial charge in [-0.3, -0.25) is 9.59 Å². The number of methoxy groups -OCH3 is 1. The van der Waals surface area contributed by atoms with E-state index < -0.39 is 11.8 Å². The van der Waals surface area contributed by atoms with Gasteiger partial charge in [0.25, 0.3) is 11.8 Å². The molecule has 22 heavy (non-hydrogen) atoms. The van der Waals surface area contributed by atoms with Gasteiger partial charge in [-0.1, -0.05) is 11.6 Å². The van der Waals surface area contributed by atoms with Gasteiger partial charge in [-0.05, 0) is 6.07 Å². The lowest BCUT2D eigenvalue weighted by atomic mass is 10.1. The summed E-state index contributed by atoms with van der Waals surface area (Å²) in [5.41, 5.74) is 10.7. The number of hydrogen-bond acceptors (Lipinski definition) is 6. The molecule has 9 nitrogen and oxygen atoms in total. The van der Waals surface area contributed by atoms with E-state index in [0.29, 0.717) is 5.56 Å². The number of ether oxygens (including phenoxy) is 2. The second-order valence-electron chi connectivity index (χ2n) is 4.12. The Hall–Kier alpha value is -2.81. The zero-order valence-electron chi connectivity index (χ0n) is 11.4. The number of benzene rings is 1. The highest BCUT2D eigenvalue weighted by Crippen LogP contribution is 2.38. The Morgan fingerprint density at radius 3 is 2.59 bits per heavy atom. The molecule has 0 unspecified atom stereocenters. The lowest BCUT2D eigenvalue weighted by Crippen LogP contribution is -2.20. The van der Waals surface area contributed by atoms with Crippen LogP contribution in [0.4, 0.5) is 0 Å². The predicted molar refractivity (Wildman–Crippen MR) is 76.6 cm³/mol. The van der Waals surface area contributed by atoms with E-state index in [2.05, 4.69) is 15.4 Å². The first-order valence-corrected chi connectivity index (χ1v) is 6.31. The summed E-state index contributed by atoms with van der Waals surface area (Å²) in [4.78, 5) is 22.1. The molecule has 1 aromatic heterocycles. The van der Waals surface area contributed by atoms with Crippen LogP contribution in [0.25, 0.3) is 11.3 Å². The number of hydrogen-bond donors (Lipinski definition) is 3. The third-order valence-corrected chi connectivity index (χ3v) is 2.97. The number of halogens is 1. The van der Waals surface area contributed by atoms with Crippen LogP contribution in [0, 0.1) is 0 Å². The predicted octanol–water partition coefficient (Wildman–Crippen LogP) is 0.0967. The van der Waals surface area contributed by atoms with Crippen molar-refractivity contribution in [3.05, 3.63) is 22.8 Å². The summed E-state index contributed by atoms with van der Waals surface area (Å²) in [7, 11) is 1.40. The van der Waals surface area contributed by atoms with E-state index in [1.54, 1.807) is 0 Å². The average molecular weight is 326 g/mol. The molecule has 5 N–H and O–H groups in total. The van der Waals surface area contributed by atoms with Crippen molar-refractivity contribution in [2.45, 2.75) is 0 Å². The summed E-state index contributed by atoms with van der Waals surface area (Å²) >= 11 is 6.16. The SMILES string of the molecule is COc1cc(-c2n[nH]nc2C(N)=O)c(Cl)cc1OCC(N)=O. The molecule has 2 amide bonds. The Morgan fingerprint density at radius 1 is 1.27 bits per heavy atom. The van der Waals surface area contributed by atoms with E-state index in [1.807, 2.05) is 0 Å². The van der Waals surface area contributed by atoms with Gasteiger partial charge in [0.05, 0.1) is 12.1 Å². The van der Waals surface area contributed by atoms with Crippen LogP contribution in [0.2, 0.25) is 5.02 Å². The van der Waals surface area contributed by atoms with Crippen molar-refractivity contribution in [3.63, 3.8) is 0 Å². The van der Waals surface area contributed by atoms with Crippen LogP contribution in [-0.4, -0.2) is 40.9 Å². The molecule has 0 atom stereocenters. The summed E-state index contributed by atoms with van der Waals surface area (Å²) in [6, 6.07) is 2.90. The van der Waals surface area contributed by atoms with Crippen molar-refractivity contribution in [2.24, 2.45) is 11.5 Å². The fourth-order valence-electron chi connectivity index (χ4n) is 1.73. The van der Waals surface area contributed by atoms with E-state index in [1.165, 1.54) is 19.2 Å². The van der Waals surface area contributed by atoms with Gasteiger partial charge in [0, 0.05) is 11.6 Å². The summed E-state index contributed by atoms with van der Waals surface area (Å²) in [6.45, 7) is -0.331. The molecule has 1 heterocycles. The number of carbonyl (C=O) groups excluding carboxylic acids is 2. The number of carbonyl (C=O) groups is 2. The Kier molecular flexibility index (Phi) is 4.47. The van der Waals surface area contributed by atoms with E-state index >= 15 is 0 Å². The molecule has 0 saturated carbocycles. The Bertz CT molecular complexity index is 730. The minimum Gasteiger partial charge on any atom is -0.493 e. The molecule has 10 heteroatoms. The molecule has 1 aromatic carbocycles. The molecule has 0 radical (unpaired) electrons. The smallest absolute Gasteiger partial charge is 0.271 e. The lowest BCUT2D eigenvalue weighted by molar-refractivity contribution is -0.119. The van der Waals surface area contributed by atoms with E-state index in [-0.39, 0.29) is 34.5 Å². The van der Waals surface area contributed by atoms with Crippen LogP contribution in [0.1, 0.15) is 10.5 Å². The Morgan fingerprint density at radius 2 is 2.00 bits per heavy atom. The largest absolute Gasteiger partial charge is 0.493 e. The van der Waals surface area contributed by atoms with Crippen LogP contribution in [0.3, 0.4) is 0 Å². The van der Waals surface area contributed by atoms with Gasteiger partial charge in [0.15, 0.2) is 23.8 Å². The number of primary amides is 2. The molecule has 0 fully saturated rings. The van der Waals surface area contributed by atoms with Crippen LogP contribution < -0.4 is 20.9 Å². The van der Waals surface area contributed by atoms with Crippen molar-refractivity contribution in [1.82, 2.24) is 15.4 Å². The molecule has 0 spiro atoms. The van der Waals surface area contributed by atoms with Gasteiger partial charge in [-0.15, -0.1) is 0 Å². The minimum atomic E-state index is -0.757. The van der Waals surface area contributed by atoms with Crippen molar-refractivity contribution in [1.29, 1.82) is 0 Å². The van der Waals surface area contributed by atoms with Crippen LogP contribution in [0.5, 0.6) is 11.5 Å². The van der Waals surface area contributed by atoms with Gasteiger partial charge in [-0.25, -0.2) is 0 Å². The maximum atomic E-state index is 11.3. The second kappa shape index (κ2) is 6.31. The van der Waals surface area contributed by atoms with Crippen molar-refractivity contribution < 1.29 is 19.1 Å². The lowest BCUT2D eigenvalue weighted by Gasteiger charge is -2.12. The number of H-pyrrole nitrogens is 1. The van der Waals surface area contributed by atoms with Gasteiger partial charge in [-0.2, -0.15) is 15.4 Å². The van der Waals surface area contributed by atoms with E-state index in [4.69, 9.17) is 32.5 Å². The fourth-order valence-corrected chi connectivity index (χ4v) is 1.97. The maximum Gasteiger partial charge on any atom is 0.271 e. The third-order valence-electron chi connectivity index (χ3n) is 2.66. The summed E-state index contributed by atoms with van der Waals surface area (Å²) in [6.07, 6.45) is 0. The first-order valence-electron chi connectivity index (χ1n) is 5.93. The first-order chi connectivity index (χ1) is 10.4. The molecule has 2 rings (SSSR count). The summed E-state index contributed by atoms with van der Waals surface area (Å²) < 4.78 is 10.4.